The maximum Gasteiger partial charge on any atom is 0.410 e. The molecule has 8 heteroatoms. The summed E-state index contributed by atoms with van der Waals surface area (Å²) in [5.74, 6) is 0.00918. The average molecular weight is 364 g/mol. The van der Waals surface area contributed by atoms with Gasteiger partial charge < -0.3 is 24.6 Å². The summed E-state index contributed by atoms with van der Waals surface area (Å²) >= 11 is 0. The van der Waals surface area contributed by atoms with Crippen molar-refractivity contribution in [3.63, 3.8) is 0 Å². The Kier molecular flexibility index (Phi) is 6.69. The number of nitriles is 1. The summed E-state index contributed by atoms with van der Waals surface area (Å²) in [4.78, 5) is 27.8. The fraction of sp³-hybridized carbons (Fsp3) is 0.833. The molecule has 2 aliphatic heterocycles. The van der Waals surface area contributed by atoms with Gasteiger partial charge in [0.2, 0.25) is 5.91 Å². The van der Waals surface area contributed by atoms with Crippen molar-refractivity contribution in [3.8, 4) is 6.07 Å². The minimum atomic E-state index is -0.264. The van der Waals surface area contributed by atoms with E-state index in [0.29, 0.717) is 32.8 Å². The molecule has 0 aromatic rings. The first-order chi connectivity index (χ1) is 12.7. The van der Waals surface area contributed by atoms with E-state index in [0.717, 1.165) is 38.5 Å². The average Bonchev–Trinajstić information content (AvgIpc) is 3.17. The van der Waals surface area contributed by atoms with E-state index in [-0.39, 0.29) is 36.7 Å². The van der Waals surface area contributed by atoms with Crippen LogP contribution in [0.2, 0.25) is 0 Å². The van der Waals surface area contributed by atoms with Crippen LogP contribution >= 0.6 is 0 Å². The maximum absolute atomic E-state index is 12.3. The lowest BCUT2D eigenvalue weighted by atomic mass is 9.93. The summed E-state index contributed by atoms with van der Waals surface area (Å²) < 4.78 is 10.9. The van der Waals surface area contributed by atoms with E-state index >= 15 is 0 Å². The lowest BCUT2D eigenvalue weighted by molar-refractivity contribution is -0.130. The van der Waals surface area contributed by atoms with E-state index in [1.807, 2.05) is 0 Å². The van der Waals surface area contributed by atoms with Crippen molar-refractivity contribution in [2.45, 2.75) is 56.7 Å². The molecule has 2 heterocycles. The number of ether oxygens (including phenoxy) is 2. The van der Waals surface area contributed by atoms with Crippen LogP contribution in [-0.2, 0) is 14.3 Å². The van der Waals surface area contributed by atoms with Crippen LogP contribution in [0.5, 0.6) is 0 Å². The number of morpholine rings is 1. The number of hydrogen-bond acceptors (Lipinski definition) is 6. The Labute approximate surface area is 154 Å². The Morgan fingerprint density at radius 2 is 1.85 bits per heavy atom. The molecule has 1 N–H and O–H groups in total. The second kappa shape index (κ2) is 9.19. The van der Waals surface area contributed by atoms with Crippen molar-refractivity contribution in [3.05, 3.63) is 0 Å². The third-order valence-electron chi connectivity index (χ3n) is 5.48. The number of carbonyl (C=O) groups is 2. The lowest BCUT2D eigenvalue weighted by Gasteiger charge is -2.32. The van der Waals surface area contributed by atoms with E-state index in [4.69, 9.17) is 14.7 Å². The minimum Gasteiger partial charge on any atom is -0.446 e. The van der Waals surface area contributed by atoms with Crippen LogP contribution in [0.4, 0.5) is 4.79 Å². The molecular formula is C18H28N4O4. The molecule has 0 spiro atoms. The van der Waals surface area contributed by atoms with E-state index in [1.54, 1.807) is 9.80 Å². The highest BCUT2D eigenvalue weighted by atomic mass is 16.6. The topological polar surface area (TPSA) is 94.9 Å². The summed E-state index contributed by atoms with van der Waals surface area (Å²) in [6, 6.07) is 2.20. The molecule has 3 aliphatic rings. The third-order valence-corrected chi connectivity index (χ3v) is 5.48. The van der Waals surface area contributed by atoms with Gasteiger partial charge in [-0.25, -0.2) is 4.79 Å². The molecule has 0 aromatic carbocycles. The van der Waals surface area contributed by atoms with Crippen LogP contribution in [0.15, 0.2) is 0 Å². The van der Waals surface area contributed by atoms with Crippen molar-refractivity contribution in [1.29, 1.82) is 5.26 Å². The first kappa shape index (κ1) is 18.9. The van der Waals surface area contributed by atoms with Crippen LogP contribution in [0.1, 0.15) is 38.5 Å². The number of carbonyl (C=O) groups excluding carboxylic acids is 2. The fourth-order valence-electron chi connectivity index (χ4n) is 3.88. The molecule has 3 rings (SSSR count). The molecule has 1 saturated carbocycles. The molecule has 26 heavy (non-hydrogen) atoms. The first-order valence-corrected chi connectivity index (χ1v) is 9.63. The Hall–Kier alpha value is -1.85. The standard InChI is InChI=1S/C18H28N4O4/c19-12-15-2-1-7-22(15)17(23)13-20-14-3-5-16(6-4-14)26-18(24)21-8-10-25-11-9-21/h14-16,20H,1-11,13H2/t14?,15-,16?/m0/s1. The van der Waals surface area contributed by atoms with Crippen LogP contribution in [0.25, 0.3) is 0 Å². The Morgan fingerprint density at radius 1 is 1.12 bits per heavy atom. The zero-order valence-electron chi connectivity index (χ0n) is 15.2. The second-order valence-corrected chi connectivity index (χ2v) is 7.21. The molecule has 0 unspecified atom stereocenters. The van der Waals surface area contributed by atoms with Crippen molar-refractivity contribution >= 4 is 12.0 Å². The SMILES string of the molecule is N#C[C@@H]1CCCN1C(=O)CNC1CCC(OC(=O)N2CCOCC2)CC1. The largest absolute Gasteiger partial charge is 0.446 e. The van der Waals surface area contributed by atoms with E-state index in [2.05, 4.69) is 11.4 Å². The first-order valence-electron chi connectivity index (χ1n) is 9.63. The van der Waals surface area contributed by atoms with Crippen LogP contribution in [-0.4, -0.2) is 79.4 Å². The van der Waals surface area contributed by atoms with Gasteiger partial charge in [-0.3, -0.25) is 4.79 Å². The quantitative estimate of drug-likeness (QED) is 0.795. The number of likely N-dealkylation sites (tertiary alicyclic amines) is 1. The summed E-state index contributed by atoms with van der Waals surface area (Å²) in [5.41, 5.74) is 0. The third kappa shape index (κ3) is 4.86. The van der Waals surface area contributed by atoms with Gasteiger partial charge in [-0.15, -0.1) is 0 Å². The molecule has 0 bridgehead atoms. The minimum absolute atomic E-state index is 0.00918. The summed E-state index contributed by atoms with van der Waals surface area (Å²) in [6.07, 6.45) is 4.80. The van der Waals surface area contributed by atoms with Gasteiger partial charge in [-0.05, 0) is 38.5 Å². The van der Waals surface area contributed by atoms with Gasteiger partial charge in [-0.1, -0.05) is 0 Å². The Balaban J connectivity index is 1.34. The zero-order valence-corrected chi connectivity index (χ0v) is 15.2. The van der Waals surface area contributed by atoms with E-state index < -0.39 is 0 Å². The maximum atomic E-state index is 12.3. The van der Waals surface area contributed by atoms with Crippen LogP contribution in [0.3, 0.4) is 0 Å². The van der Waals surface area contributed by atoms with Crippen molar-refractivity contribution in [2.75, 3.05) is 39.4 Å². The Bertz CT molecular complexity index is 536. The van der Waals surface area contributed by atoms with E-state index in [1.165, 1.54) is 0 Å². The molecule has 1 atom stereocenters. The normalized spacial score (nSPS) is 29.3. The van der Waals surface area contributed by atoms with E-state index in [9.17, 15) is 9.59 Å². The van der Waals surface area contributed by atoms with Gasteiger partial charge in [-0.2, -0.15) is 5.26 Å². The van der Waals surface area contributed by atoms with Crippen LogP contribution < -0.4 is 5.32 Å². The highest BCUT2D eigenvalue weighted by Gasteiger charge is 2.30. The molecular weight excluding hydrogens is 336 g/mol. The molecule has 2 amide bonds. The predicted molar refractivity (Wildman–Crippen MR) is 93.3 cm³/mol. The van der Waals surface area contributed by atoms with Crippen LogP contribution in [0, 0.1) is 11.3 Å². The number of rotatable bonds is 4. The molecule has 0 radical (unpaired) electrons. The van der Waals surface area contributed by atoms with Gasteiger partial charge >= 0.3 is 6.09 Å². The number of nitrogens with zero attached hydrogens (tertiary/aromatic N) is 3. The zero-order chi connectivity index (χ0) is 18.4. The van der Waals surface area contributed by atoms with Gasteiger partial charge in [0.05, 0.1) is 25.8 Å². The molecule has 1 aliphatic carbocycles. The monoisotopic (exact) mass is 364 g/mol. The highest BCUT2D eigenvalue weighted by molar-refractivity contribution is 5.79. The number of nitrogens with one attached hydrogen (secondary N) is 1. The van der Waals surface area contributed by atoms with Gasteiger partial charge in [0, 0.05) is 25.7 Å². The second-order valence-electron chi connectivity index (χ2n) is 7.21. The molecule has 3 fully saturated rings. The molecule has 0 aromatic heterocycles. The molecule has 2 saturated heterocycles. The summed E-state index contributed by atoms with van der Waals surface area (Å²) in [6.45, 7) is 3.30. The van der Waals surface area contributed by atoms with Gasteiger partial charge in [0.1, 0.15) is 12.1 Å². The molecule has 8 nitrogen and oxygen atoms in total. The fourth-order valence-corrected chi connectivity index (χ4v) is 3.88. The number of hydrogen-bond donors (Lipinski definition) is 1. The van der Waals surface area contributed by atoms with Crippen molar-refractivity contribution in [2.24, 2.45) is 0 Å². The summed E-state index contributed by atoms with van der Waals surface area (Å²) in [5, 5.41) is 12.4. The van der Waals surface area contributed by atoms with Gasteiger partial charge in [0.15, 0.2) is 0 Å². The lowest BCUT2D eigenvalue weighted by Crippen LogP contribution is -2.45. The summed E-state index contributed by atoms with van der Waals surface area (Å²) in [7, 11) is 0. The van der Waals surface area contributed by atoms with Crippen molar-refractivity contribution < 1.29 is 19.1 Å². The van der Waals surface area contributed by atoms with Gasteiger partial charge in [0.25, 0.3) is 0 Å². The predicted octanol–water partition coefficient (Wildman–Crippen LogP) is 0.871. The molecule has 144 valence electrons. The Morgan fingerprint density at radius 3 is 2.54 bits per heavy atom. The van der Waals surface area contributed by atoms with Crippen molar-refractivity contribution in [1.82, 2.24) is 15.1 Å². The number of amides is 2. The highest BCUT2D eigenvalue weighted by Crippen LogP contribution is 2.22. The smallest absolute Gasteiger partial charge is 0.410 e.